The van der Waals surface area contributed by atoms with E-state index in [2.05, 4.69) is 20.6 Å². The molecule has 0 aliphatic rings. The third-order valence-corrected chi connectivity index (χ3v) is 3.76. The normalized spacial score (nSPS) is 10.8. The molecule has 0 saturated carbocycles. The summed E-state index contributed by atoms with van der Waals surface area (Å²) in [5.74, 6) is 0.0124. The molecule has 128 valence electrons. The van der Waals surface area contributed by atoms with Crippen molar-refractivity contribution in [3.8, 4) is 0 Å². The molecule has 1 aromatic carbocycles. The van der Waals surface area contributed by atoms with E-state index < -0.39 is 0 Å². The molecule has 1 heterocycles. The number of halogens is 2. The van der Waals surface area contributed by atoms with Crippen LogP contribution in [0.15, 0.2) is 24.3 Å². The molecule has 1 amide bonds. The van der Waals surface area contributed by atoms with Crippen molar-refractivity contribution >= 4 is 40.7 Å². The number of hydrogen-bond donors (Lipinski definition) is 2. The summed E-state index contributed by atoms with van der Waals surface area (Å²) in [6, 6.07) is 6.79. The highest BCUT2D eigenvalue weighted by Crippen LogP contribution is 2.31. The lowest BCUT2D eigenvalue weighted by molar-refractivity contribution is 0.0946. The molecule has 0 bridgehead atoms. The number of anilines is 2. The maximum Gasteiger partial charge on any atom is 0.270 e. The van der Waals surface area contributed by atoms with E-state index in [1.54, 1.807) is 31.2 Å². The molecule has 0 saturated heterocycles. The van der Waals surface area contributed by atoms with E-state index in [9.17, 15) is 4.79 Å². The van der Waals surface area contributed by atoms with Gasteiger partial charge >= 0.3 is 0 Å². The lowest BCUT2D eigenvalue weighted by Crippen LogP contribution is -2.32. The first-order valence-corrected chi connectivity index (χ1v) is 8.12. The van der Waals surface area contributed by atoms with Crippen molar-refractivity contribution in [1.82, 2.24) is 20.2 Å². The van der Waals surface area contributed by atoms with Gasteiger partial charge < -0.3 is 15.5 Å². The fourth-order valence-corrected chi connectivity index (χ4v) is 2.45. The highest BCUT2D eigenvalue weighted by Gasteiger charge is 2.12. The van der Waals surface area contributed by atoms with Crippen molar-refractivity contribution in [3.05, 3.63) is 45.7 Å². The first kappa shape index (κ1) is 18.4. The fourth-order valence-electron chi connectivity index (χ4n) is 1.95. The number of rotatable bonds is 6. The van der Waals surface area contributed by atoms with Gasteiger partial charge in [0.1, 0.15) is 5.69 Å². The molecule has 0 aliphatic heterocycles. The minimum absolute atomic E-state index is 0.254. The summed E-state index contributed by atoms with van der Waals surface area (Å²) < 4.78 is 0. The fraction of sp³-hybridized carbons (Fsp3) is 0.312. The highest BCUT2D eigenvalue weighted by molar-refractivity contribution is 6.39. The molecular formula is C16H19Cl2N5O. The van der Waals surface area contributed by atoms with Gasteiger partial charge in [-0.1, -0.05) is 29.3 Å². The predicted octanol–water partition coefficient (Wildman–Crippen LogP) is 3.13. The number of aromatic nitrogens is 2. The van der Waals surface area contributed by atoms with Crippen LogP contribution in [0.2, 0.25) is 10.0 Å². The Morgan fingerprint density at radius 2 is 1.88 bits per heavy atom. The Morgan fingerprint density at radius 3 is 2.50 bits per heavy atom. The second kappa shape index (κ2) is 8.28. The van der Waals surface area contributed by atoms with Crippen molar-refractivity contribution in [3.63, 3.8) is 0 Å². The van der Waals surface area contributed by atoms with Gasteiger partial charge in [-0.2, -0.15) is 0 Å². The summed E-state index contributed by atoms with van der Waals surface area (Å²) in [6.07, 6.45) is 0. The Bertz CT molecular complexity index is 716. The van der Waals surface area contributed by atoms with Crippen LogP contribution in [0.3, 0.4) is 0 Å². The Hall–Kier alpha value is -1.89. The van der Waals surface area contributed by atoms with Crippen molar-refractivity contribution in [2.75, 3.05) is 32.5 Å². The number of aryl methyl sites for hydroxylation is 1. The van der Waals surface area contributed by atoms with Crippen molar-refractivity contribution < 1.29 is 4.79 Å². The second-order valence-electron chi connectivity index (χ2n) is 5.50. The minimum atomic E-state index is -0.254. The molecule has 8 heteroatoms. The average molecular weight is 368 g/mol. The predicted molar refractivity (Wildman–Crippen MR) is 97.4 cm³/mol. The summed E-state index contributed by atoms with van der Waals surface area (Å²) >= 11 is 12.3. The van der Waals surface area contributed by atoms with Gasteiger partial charge in [0.05, 0.1) is 15.7 Å². The van der Waals surface area contributed by atoms with Gasteiger partial charge in [0.2, 0.25) is 5.95 Å². The van der Waals surface area contributed by atoms with Crippen LogP contribution in [0.5, 0.6) is 0 Å². The molecule has 2 aromatic rings. The molecule has 0 spiro atoms. The molecule has 2 N–H and O–H groups in total. The Labute approximate surface area is 151 Å². The number of carbonyl (C=O) groups is 1. The van der Waals surface area contributed by atoms with Crippen LogP contribution in [-0.2, 0) is 0 Å². The maximum absolute atomic E-state index is 12.2. The number of nitrogens with one attached hydrogen (secondary N) is 2. The van der Waals surface area contributed by atoms with E-state index in [1.807, 2.05) is 19.0 Å². The highest BCUT2D eigenvalue weighted by atomic mass is 35.5. The van der Waals surface area contributed by atoms with Crippen molar-refractivity contribution in [2.45, 2.75) is 6.92 Å². The number of hydrogen-bond acceptors (Lipinski definition) is 5. The zero-order valence-electron chi connectivity index (χ0n) is 13.7. The van der Waals surface area contributed by atoms with Gasteiger partial charge in [-0.3, -0.25) is 4.79 Å². The topological polar surface area (TPSA) is 70.2 Å². The lowest BCUT2D eigenvalue weighted by atomic mass is 10.3. The molecule has 0 unspecified atom stereocenters. The van der Waals surface area contributed by atoms with Crippen LogP contribution in [0, 0.1) is 6.92 Å². The van der Waals surface area contributed by atoms with Crippen LogP contribution >= 0.6 is 23.2 Å². The SMILES string of the molecule is Cc1cc(C(=O)NCCN(C)C)nc(Nc2c(Cl)cccc2Cl)n1. The number of benzene rings is 1. The maximum atomic E-state index is 12.2. The van der Waals surface area contributed by atoms with E-state index in [0.29, 0.717) is 28.0 Å². The Morgan fingerprint density at radius 1 is 1.21 bits per heavy atom. The number of carbonyl (C=O) groups excluding carboxylic acids is 1. The Kier molecular flexibility index (Phi) is 6.36. The van der Waals surface area contributed by atoms with Gasteiger partial charge in [-0.25, -0.2) is 9.97 Å². The molecule has 0 aliphatic carbocycles. The third kappa shape index (κ3) is 5.06. The first-order chi connectivity index (χ1) is 11.4. The molecular weight excluding hydrogens is 349 g/mol. The van der Waals surface area contributed by atoms with E-state index in [1.165, 1.54) is 0 Å². The van der Waals surface area contributed by atoms with Gasteiger partial charge in [0.25, 0.3) is 5.91 Å². The molecule has 0 fully saturated rings. The third-order valence-electron chi connectivity index (χ3n) is 3.13. The average Bonchev–Trinajstić information content (AvgIpc) is 2.50. The standard InChI is InChI=1S/C16H19Cl2N5O/c1-10-9-13(15(24)19-7-8-23(2)3)21-16(20-10)22-14-11(17)5-4-6-12(14)18/h4-6,9H,7-8H2,1-3H3,(H,19,24)(H,20,21,22). The molecule has 1 aromatic heterocycles. The monoisotopic (exact) mass is 367 g/mol. The van der Waals surface area contributed by atoms with Crippen LogP contribution < -0.4 is 10.6 Å². The zero-order chi connectivity index (χ0) is 17.7. The zero-order valence-corrected chi connectivity index (χ0v) is 15.2. The lowest BCUT2D eigenvalue weighted by Gasteiger charge is -2.12. The van der Waals surface area contributed by atoms with Crippen molar-refractivity contribution in [2.24, 2.45) is 0 Å². The molecule has 24 heavy (non-hydrogen) atoms. The molecule has 0 radical (unpaired) electrons. The van der Waals surface area contributed by atoms with Crippen LogP contribution in [0.25, 0.3) is 0 Å². The minimum Gasteiger partial charge on any atom is -0.349 e. The summed E-state index contributed by atoms with van der Waals surface area (Å²) in [6.45, 7) is 3.07. The van der Waals surface area contributed by atoms with E-state index in [4.69, 9.17) is 23.2 Å². The largest absolute Gasteiger partial charge is 0.349 e. The van der Waals surface area contributed by atoms with Gasteiger partial charge in [0, 0.05) is 18.8 Å². The molecule has 2 rings (SSSR count). The first-order valence-electron chi connectivity index (χ1n) is 7.36. The van der Waals surface area contributed by atoms with Crippen LogP contribution in [0.1, 0.15) is 16.2 Å². The quantitative estimate of drug-likeness (QED) is 0.820. The van der Waals surface area contributed by atoms with Crippen LogP contribution in [-0.4, -0.2) is 48.0 Å². The number of amides is 1. The summed E-state index contributed by atoms with van der Waals surface area (Å²) in [5, 5.41) is 6.69. The number of likely N-dealkylation sites (N-methyl/N-ethyl adjacent to an activating group) is 1. The smallest absolute Gasteiger partial charge is 0.270 e. The van der Waals surface area contributed by atoms with E-state index >= 15 is 0 Å². The molecule has 6 nitrogen and oxygen atoms in total. The summed E-state index contributed by atoms with van der Waals surface area (Å²) in [4.78, 5) is 22.7. The Balaban J connectivity index is 2.18. The summed E-state index contributed by atoms with van der Waals surface area (Å²) in [7, 11) is 3.88. The van der Waals surface area contributed by atoms with Gasteiger partial charge in [-0.15, -0.1) is 0 Å². The summed E-state index contributed by atoms with van der Waals surface area (Å²) in [5.41, 5.74) is 1.45. The van der Waals surface area contributed by atoms with Gasteiger partial charge in [0.15, 0.2) is 0 Å². The number of nitrogens with zero attached hydrogens (tertiary/aromatic N) is 3. The van der Waals surface area contributed by atoms with Crippen LogP contribution in [0.4, 0.5) is 11.6 Å². The van der Waals surface area contributed by atoms with E-state index in [0.717, 1.165) is 6.54 Å². The molecule has 0 atom stereocenters. The van der Waals surface area contributed by atoms with Gasteiger partial charge in [-0.05, 0) is 39.2 Å². The number of para-hydroxylation sites is 1. The van der Waals surface area contributed by atoms with E-state index in [-0.39, 0.29) is 17.5 Å². The second-order valence-corrected chi connectivity index (χ2v) is 6.31. The van der Waals surface area contributed by atoms with Crippen molar-refractivity contribution in [1.29, 1.82) is 0 Å².